The summed E-state index contributed by atoms with van der Waals surface area (Å²) in [5.41, 5.74) is -0.0770. The van der Waals surface area contributed by atoms with Crippen LogP contribution in [0.15, 0.2) is 18.2 Å². The van der Waals surface area contributed by atoms with Crippen molar-refractivity contribution in [1.82, 2.24) is 5.32 Å². The predicted molar refractivity (Wildman–Crippen MR) is 68.4 cm³/mol. The first kappa shape index (κ1) is 15.4. The van der Waals surface area contributed by atoms with Crippen LogP contribution in [-0.4, -0.2) is 42.1 Å². The van der Waals surface area contributed by atoms with Crippen molar-refractivity contribution < 1.29 is 24.4 Å². The number of hydrogen-bond donors (Lipinski definition) is 3. The molecule has 0 heterocycles. The fourth-order valence-corrected chi connectivity index (χ4v) is 1.33. The molecule has 0 saturated heterocycles. The van der Waals surface area contributed by atoms with Gasteiger partial charge in [0.1, 0.15) is 5.75 Å². The van der Waals surface area contributed by atoms with Gasteiger partial charge in [0.05, 0.1) is 30.4 Å². The quantitative estimate of drug-likeness (QED) is 0.384. The maximum absolute atomic E-state index is 11.5. The van der Waals surface area contributed by atoms with Gasteiger partial charge in [-0.15, -0.1) is 0 Å². The molecule has 0 atom stereocenters. The molecule has 0 aromatic heterocycles. The molecule has 3 N–H and O–H groups in total. The first-order valence-corrected chi connectivity index (χ1v) is 5.52. The van der Waals surface area contributed by atoms with Crippen LogP contribution < -0.4 is 15.4 Å². The fourth-order valence-electron chi connectivity index (χ4n) is 1.33. The van der Waals surface area contributed by atoms with E-state index in [-0.39, 0.29) is 30.3 Å². The number of amides is 2. The molecule has 0 spiro atoms. The number of nitro groups is 1. The summed E-state index contributed by atoms with van der Waals surface area (Å²) in [7, 11) is 1.28. The molecular weight excluding hydrogens is 270 g/mol. The summed E-state index contributed by atoms with van der Waals surface area (Å²) in [4.78, 5) is 32.8. The summed E-state index contributed by atoms with van der Waals surface area (Å²) >= 11 is 0. The number of benzene rings is 1. The molecule has 1 rings (SSSR count). The Bertz CT molecular complexity index is 531. The van der Waals surface area contributed by atoms with Gasteiger partial charge >= 0.3 is 11.8 Å². The number of hydrogen-bond acceptors (Lipinski definition) is 6. The summed E-state index contributed by atoms with van der Waals surface area (Å²) in [6, 6.07) is 3.55. The topological polar surface area (TPSA) is 131 Å². The van der Waals surface area contributed by atoms with Gasteiger partial charge in [-0.25, -0.2) is 0 Å². The molecule has 2 amide bonds. The smallest absolute Gasteiger partial charge is 0.313 e. The average Bonchev–Trinajstić information content (AvgIpc) is 2.44. The Hall–Kier alpha value is -2.68. The first-order chi connectivity index (χ1) is 9.49. The summed E-state index contributed by atoms with van der Waals surface area (Å²) in [5, 5.41) is 23.6. The van der Waals surface area contributed by atoms with Crippen LogP contribution in [-0.2, 0) is 9.59 Å². The number of nitro benzene ring substituents is 1. The molecule has 0 radical (unpaired) electrons. The maximum Gasteiger partial charge on any atom is 0.313 e. The van der Waals surface area contributed by atoms with Crippen LogP contribution in [0.1, 0.15) is 0 Å². The molecule has 0 aliphatic heterocycles. The van der Waals surface area contributed by atoms with Gasteiger partial charge in [0.15, 0.2) is 0 Å². The number of nitrogens with one attached hydrogen (secondary N) is 2. The summed E-state index contributed by atoms with van der Waals surface area (Å²) in [6.07, 6.45) is 0. The van der Waals surface area contributed by atoms with Crippen molar-refractivity contribution in [3.05, 3.63) is 28.3 Å². The molecule has 1 aromatic carbocycles. The second kappa shape index (κ2) is 7.04. The summed E-state index contributed by atoms with van der Waals surface area (Å²) < 4.78 is 4.91. The number of rotatable bonds is 5. The highest BCUT2D eigenvalue weighted by Crippen LogP contribution is 2.28. The first-order valence-electron chi connectivity index (χ1n) is 5.52. The van der Waals surface area contributed by atoms with E-state index in [1.807, 2.05) is 0 Å². The number of carbonyl (C=O) groups is 2. The molecule has 0 bridgehead atoms. The predicted octanol–water partition coefficient (Wildman–Crippen LogP) is -0.350. The molecule has 9 heteroatoms. The van der Waals surface area contributed by atoms with Gasteiger partial charge in [-0.3, -0.25) is 19.7 Å². The lowest BCUT2D eigenvalue weighted by Crippen LogP contribution is -2.36. The van der Waals surface area contributed by atoms with Crippen molar-refractivity contribution in [3.63, 3.8) is 0 Å². The lowest BCUT2D eigenvalue weighted by Gasteiger charge is -2.09. The number of aliphatic hydroxyl groups excluding tert-OH is 1. The zero-order valence-corrected chi connectivity index (χ0v) is 10.6. The van der Waals surface area contributed by atoms with Crippen molar-refractivity contribution in [2.75, 3.05) is 25.6 Å². The molecule has 9 nitrogen and oxygen atoms in total. The lowest BCUT2D eigenvalue weighted by molar-refractivity contribution is -0.384. The van der Waals surface area contributed by atoms with E-state index in [1.165, 1.54) is 19.2 Å². The highest BCUT2D eigenvalue weighted by atomic mass is 16.6. The normalized spacial score (nSPS) is 9.70. The van der Waals surface area contributed by atoms with Crippen LogP contribution in [0.2, 0.25) is 0 Å². The largest absolute Gasteiger partial charge is 0.494 e. The van der Waals surface area contributed by atoms with E-state index in [4.69, 9.17) is 9.84 Å². The molecule has 0 aliphatic carbocycles. The zero-order chi connectivity index (χ0) is 15.1. The van der Waals surface area contributed by atoms with Gasteiger partial charge in [0.25, 0.3) is 5.69 Å². The van der Waals surface area contributed by atoms with Crippen LogP contribution in [0, 0.1) is 10.1 Å². The molecule has 20 heavy (non-hydrogen) atoms. The third-order valence-corrected chi connectivity index (χ3v) is 2.25. The van der Waals surface area contributed by atoms with E-state index >= 15 is 0 Å². The SMILES string of the molecule is COc1cc([N+](=O)[O-])ccc1NC(=O)C(=O)NCCO. The molecule has 0 unspecified atom stereocenters. The average molecular weight is 283 g/mol. The Morgan fingerprint density at radius 1 is 1.40 bits per heavy atom. The van der Waals surface area contributed by atoms with Crippen LogP contribution >= 0.6 is 0 Å². The molecule has 0 fully saturated rings. The standard InChI is InChI=1S/C11H13N3O6/c1-20-9-6-7(14(18)19)2-3-8(9)13-11(17)10(16)12-4-5-15/h2-3,6,15H,4-5H2,1H3,(H,12,16)(H,13,17). The van der Waals surface area contributed by atoms with Crippen molar-refractivity contribution in [2.24, 2.45) is 0 Å². The van der Waals surface area contributed by atoms with Gasteiger partial charge in [-0.05, 0) is 6.07 Å². The van der Waals surface area contributed by atoms with Crippen molar-refractivity contribution in [3.8, 4) is 5.75 Å². The van der Waals surface area contributed by atoms with E-state index in [2.05, 4.69) is 10.6 Å². The van der Waals surface area contributed by atoms with Crippen LogP contribution in [0.5, 0.6) is 5.75 Å². The van der Waals surface area contributed by atoms with E-state index in [0.717, 1.165) is 6.07 Å². The van der Waals surface area contributed by atoms with Crippen molar-refractivity contribution >= 4 is 23.2 Å². The van der Waals surface area contributed by atoms with Gasteiger partial charge in [0.2, 0.25) is 0 Å². The Kier molecular flexibility index (Phi) is 5.42. The Balaban J connectivity index is 2.84. The number of aliphatic hydroxyl groups is 1. The van der Waals surface area contributed by atoms with Crippen LogP contribution in [0.4, 0.5) is 11.4 Å². The summed E-state index contributed by atoms with van der Waals surface area (Å²) in [5.74, 6) is -1.84. The van der Waals surface area contributed by atoms with Gasteiger partial charge in [-0.2, -0.15) is 0 Å². The van der Waals surface area contributed by atoms with Crippen molar-refractivity contribution in [1.29, 1.82) is 0 Å². The molecule has 108 valence electrons. The number of nitrogens with zero attached hydrogens (tertiary/aromatic N) is 1. The second-order valence-electron chi connectivity index (χ2n) is 3.58. The third-order valence-electron chi connectivity index (χ3n) is 2.25. The maximum atomic E-state index is 11.5. The van der Waals surface area contributed by atoms with E-state index in [9.17, 15) is 19.7 Å². The molecule has 1 aromatic rings. The van der Waals surface area contributed by atoms with E-state index < -0.39 is 16.7 Å². The number of anilines is 1. The Morgan fingerprint density at radius 3 is 2.65 bits per heavy atom. The molecular formula is C11H13N3O6. The molecule has 0 saturated carbocycles. The fraction of sp³-hybridized carbons (Fsp3) is 0.273. The minimum Gasteiger partial charge on any atom is -0.494 e. The highest BCUT2D eigenvalue weighted by Gasteiger charge is 2.17. The zero-order valence-electron chi connectivity index (χ0n) is 10.6. The minimum atomic E-state index is -0.967. The van der Waals surface area contributed by atoms with E-state index in [1.54, 1.807) is 0 Å². The number of non-ortho nitro benzene ring substituents is 1. The third kappa shape index (κ3) is 3.92. The van der Waals surface area contributed by atoms with E-state index in [0.29, 0.717) is 0 Å². The van der Waals surface area contributed by atoms with Crippen LogP contribution in [0.25, 0.3) is 0 Å². The summed E-state index contributed by atoms with van der Waals surface area (Å²) in [6.45, 7) is -0.344. The number of methoxy groups -OCH3 is 1. The number of ether oxygens (including phenoxy) is 1. The second-order valence-corrected chi connectivity index (χ2v) is 3.58. The lowest BCUT2D eigenvalue weighted by atomic mass is 10.2. The Morgan fingerprint density at radius 2 is 2.10 bits per heavy atom. The molecule has 0 aliphatic rings. The number of carbonyl (C=O) groups excluding carboxylic acids is 2. The monoisotopic (exact) mass is 283 g/mol. The van der Waals surface area contributed by atoms with Gasteiger partial charge in [-0.1, -0.05) is 0 Å². The van der Waals surface area contributed by atoms with Crippen LogP contribution in [0.3, 0.4) is 0 Å². The van der Waals surface area contributed by atoms with Gasteiger partial charge < -0.3 is 20.5 Å². The Labute approximate surface area is 113 Å². The van der Waals surface area contributed by atoms with Gasteiger partial charge in [0, 0.05) is 12.6 Å². The minimum absolute atomic E-state index is 0.0519. The highest BCUT2D eigenvalue weighted by molar-refractivity contribution is 6.39. The van der Waals surface area contributed by atoms with Crippen molar-refractivity contribution in [2.45, 2.75) is 0 Å².